The Morgan fingerprint density at radius 3 is 3.00 bits per heavy atom. The molecule has 78 valence electrons. The van der Waals surface area contributed by atoms with Crippen molar-refractivity contribution in [3.8, 4) is 0 Å². The van der Waals surface area contributed by atoms with Crippen molar-refractivity contribution in [2.24, 2.45) is 0 Å². The van der Waals surface area contributed by atoms with Crippen LogP contribution in [-0.4, -0.2) is 22.3 Å². The Balaban J connectivity index is 2.30. The zero-order valence-corrected chi connectivity index (χ0v) is 8.28. The lowest BCUT2D eigenvalue weighted by Gasteiger charge is -2.08. The highest BCUT2D eigenvalue weighted by Gasteiger charge is 2.07. The summed E-state index contributed by atoms with van der Waals surface area (Å²) in [5, 5.41) is 15.3. The van der Waals surface area contributed by atoms with Gasteiger partial charge in [-0.2, -0.15) is 0 Å². The highest BCUT2D eigenvalue weighted by Crippen LogP contribution is 2.01. The summed E-state index contributed by atoms with van der Waals surface area (Å²) in [7, 11) is 0. The molecule has 0 spiro atoms. The number of nitrogens with one attached hydrogen (secondary N) is 1. The molecule has 0 aromatic carbocycles. The first-order valence-electron chi connectivity index (χ1n) is 4.45. The second-order valence-corrected chi connectivity index (χ2v) is 3.31. The van der Waals surface area contributed by atoms with Crippen LogP contribution in [0.2, 0.25) is 0 Å². The fourth-order valence-electron chi connectivity index (χ4n) is 1.11. The molecule has 0 fully saturated rings. The van der Waals surface area contributed by atoms with Crippen LogP contribution in [0.3, 0.4) is 0 Å². The van der Waals surface area contributed by atoms with Gasteiger partial charge in [0, 0.05) is 18.7 Å². The molecule has 5 nitrogen and oxygen atoms in total. The molecule has 1 unspecified atom stereocenters. The van der Waals surface area contributed by atoms with Crippen molar-refractivity contribution in [3.05, 3.63) is 17.5 Å². The van der Waals surface area contributed by atoms with E-state index in [2.05, 4.69) is 10.5 Å². The summed E-state index contributed by atoms with van der Waals surface area (Å²) >= 11 is 0. The molecule has 0 saturated heterocycles. The summed E-state index contributed by atoms with van der Waals surface area (Å²) in [5.74, 6) is -0.0472. The van der Waals surface area contributed by atoms with Crippen molar-refractivity contribution in [2.45, 2.75) is 32.9 Å². The fourth-order valence-corrected chi connectivity index (χ4v) is 1.11. The smallest absolute Gasteiger partial charge is 0.304 e. The van der Waals surface area contributed by atoms with E-state index in [4.69, 9.17) is 9.63 Å². The molecule has 0 aliphatic rings. The SMILES string of the molecule is Cc1cc(CNC(C)CC(=O)O)no1. The predicted molar refractivity (Wildman–Crippen MR) is 49.8 cm³/mol. The van der Waals surface area contributed by atoms with Crippen LogP contribution in [0.25, 0.3) is 0 Å². The number of aromatic nitrogens is 1. The maximum Gasteiger partial charge on any atom is 0.304 e. The standard InChI is InChI=1S/C9H14N2O3/c1-6(3-9(12)13)10-5-8-4-7(2)14-11-8/h4,6,10H,3,5H2,1-2H3,(H,12,13). The van der Waals surface area contributed by atoms with Crippen LogP contribution in [-0.2, 0) is 11.3 Å². The van der Waals surface area contributed by atoms with Gasteiger partial charge in [0.2, 0.25) is 0 Å². The van der Waals surface area contributed by atoms with Crippen LogP contribution < -0.4 is 5.32 Å². The second-order valence-electron chi connectivity index (χ2n) is 3.31. The Kier molecular flexibility index (Phi) is 3.64. The van der Waals surface area contributed by atoms with Crippen molar-refractivity contribution >= 4 is 5.97 Å². The van der Waals surface area contributed by atoms with Gasteiger partial charge in [-0.3, -0.25) is 4.79 Å². The van der Waals surface area contributed by atoms with Gasteiger partial charge in [-0.05, 0) is 13.8 Å². The van der Waals surface area contributed by atoms with Gasteiger partial charge in [-0.25, -0.2) is 0 Å². The van der Waals surface area contributed by atoms with Crippen LogP contribution >= 0.6 is 0 Å². The Morgan fingerprint density at radius 1 is 1.79 bits per heavy atom. The number of carbonyl (C=O) groups is 1. The number of nitrogens with zero attached hydrogens (tertiary/aromatic N) is 1. The summed E-state index contributed by atoms with van der Waals surface area (Å²) < 4.78 is 4.87. The number of carboxylic acid groups (broad SMARTS) is 1. The summed E-state index contributed by atoms with van der Waals surface area (Å²) in [5.41, 5.74) is 0.791. The molecule has 0 bridgehead atoms. The third-order valence-corrected chi connectivity index (χ3v) is 1.79. The molecule has 1 heterocycles. The molecule has 1 atom stereocenters. The first-order valence-corrected chi connectivity index (χ1v) is 4.45. The summed E-state index contributed by atoms with van der Waals surface area (Å²) in [6, 6.07) is 1.75. The van der Waals surface area contributed by atoms with Crippen LogP contribution in [0.5, 0.6) is 0 Å². The number of rotatable bonds is 5. The molecular weight excluding hydrogens is 184 g/mol. The minimum Gasteiger partial charge on any atom is -0.481 e. The average Bonchev–Trinajstić information content (AvgIpc) is 2.47. The number of aryl methyl sites for hydroxylation is 1. The summed E-state index contributed by atoms with van der Waals surface area (Å²) in [6.07, 6.45) is 0.108. The molecule has 1 aromatic heterocycles. The monoisotopic (exact) mass is 198 g/mol. The third kappa shape index (κ3) is 3.57. The average molecular weight is 198 g/mol. The minimum absolute atomic E-state index is 0.0653. The molecule has 0 radical (unpaired) electrons. The highest BCUT2D eigenvalue weighted by atomic mass is 16.5. The number of hydrogen-bond acceptors (Lipinski definition) is 4. The van der Waals surface area contributed by atoms with Crippen LogP contribution in [0.15, 0.2) is 10.6 Å². The maximum absolute atomic E-state index is 10.4. The largest absolute Gasteiger partial charge is 0.481 e. The molecule has 5 heteroatoms. The topological polar surface area (TPSA) is 75.4 Å². The lowest BCUT2D eigenvalue weighted by Crippen LogP contribution is -2.28. The van der Waals surface area contributed by atoms with E-state index < -0.39 is 5.97 Å². The fraction of sp³-hybridized carbons (Fsp3) is 0.556. The van der Waals surface area contributed by atoms with E-state index in [1.807, 2.05) is 19.9 Å². The molecule has 1 rings (SSSR count). The highest BCUT2D eigenvalue weighted by molar-refractivity contribution is 5.67. The van der Waals surface area contributed by atoms with E-state index in [9.17, 15) is 4.79 Å². The van der Waals surface area contributed by atoms with E-state index >= 15 is 0 Å². The Bertz CT molecular complexity index is 309. The van der Waals surface area contributed by atoms with Gasteiger partial charge in [0.05, 0.1) is 12.1 Å². The van der Waals surface area contributed by atoms with Gasteiger partial charge < -0.3 is 14.9 Å². The van der Waals surface area contributed by atoms with Gasteiger partial charge in [0.15, 0.2) is 0 Å². The van der Waals surface area contributed by atoms with Crippen LogP contribution in [0.1, 0.15) is 24.8 Å². The zero-order chi connectivity index (χ0) is 10.6. The Hall–Kier alpha value is -1.36. The first-order chi connectivity index (χ1) is 6.58. The van der Waals surface area contributed by atoms with Crippen molar-refractivity contribution in [1.29, 1.82) is 0 Å². The normalized spacial score (nSPS) is 12.7. The number of aliphatic carboxylic acids is 1. The number of hydrogen-bond donors (Lipinski definition) is 2. The van der Waals surface area contributed by atoms with E-state index in [1.54, 1.807) is 0 Å². The van der Waals surface area contributed by atoms with Gasteiger partial charge in [-0.15, -0.1) is 0 Å². The van der Waals surface area contributed by atoms with E-state index in [-0.39, 0.29) is 12.5 Å². The lowest BCUT2D eigenvalue weighted by atomic mass is 10.2. The predicted octanol–water partition coefficient (Wildman–Crippen LogP) is 0.936. The first kappa shape index (κ1) is 10.7. The zero-order valence-electron chi connectivity index (χ0n) is 8.28. The molecule has 0 aliphatic heterocycles. The molecule has 0 amide bonds. The minimum atomic E-state index is -0.804. The quantitative estimate of drug-likeness (QED) is 0.736. The van der Waals surface area contributed by atoms with Crippen molar-refractivity contribution < 1.29 is 14.4 Å². The second kappa shape index (κ2) is 4.76. The van der Waals surface area contributed by atoms with Gasteiger partial charge >= 0.3 is 5.97 Å². The molecule has 2 N–H and O–H groups in total. The van der Waals surface area contributed by atoms with E-state index in [1.165, 1.54) is 0 Å². The third-order valence-electron chi connectivity index (χ3n) is 1.79. The maximum atomic E-state index is 10.4. The molecule has 0 saturated carbocycles. The summed E-state index contributed by atoms with van der Waals surface area (Å²) in [6.45, 7) is 4.17. The summed E-state index contributed by atoms with van der Waals surface area (Å²) in [4.78, 5) is 10.4. The molecular formula is C9H14N2O3. The molecule has 1 aromatic rings. The van der Waals surface area contributed by atoms with E-state index in [0.29, 0.717) is 6.54 Å². The van der Waals surface area contributed by atoms with Crippen molar-refractivity contribution in [1.82, 2.24) is 10.5 Å². The molecule has 14 heavy (non-hydrogen) atoms. The van der Waals surface area contributed by atoms with Crippen molar-refractivity contribution in [2.75, 3.05) is 0 Å². The Morgan fingerprint density at radius 2 is 2.50 bits per heavy atom. The van der Waals surface area contributed by atoms with Crippen LogP contribution in [0, 0.1) is 6.92 Å². The van der Waals surface area contributed by atoms with Gasteiger partial charge in [0.25, 0.3) is 0 Å². The van der Waals surface area contributed by atoms with Gasteiger partial charge in [0.1, 0.15) is 5.76 Å². The van der Waals surface area contributed by atoms with Gasteiger partial charge in [-0.1, -0.05) is 5.16 Å². The number of carboxylic acids is 1. The van der Waals surface area contributed by atoms with Crippen molar-refractivity contribution in [3.63, 3.8) is 0 Å². The van der Waals surface area contributed by atoms with E-state index in [0.717, 1.165) is 11.5 Å². The van der Waals surface area contributed by atoms with Crippen LogP contribution in [0.4, 0.5) is 0 Å². The Labute approximate surface area is 82.1 Å². The lowest BCUT2D eigenvalue weighted by molar-refractivity contribution is -0.137. The molecule has 0 aliphatic carbocycles.